The van der Waals surface area contributed by atoms with Crippen molar-refractivity contribution in [3.63, 3.8) is 0 Å². The zero-order chi connectivity index (χ0) is 20.3. The number of ketones is 1. The summed E-state index contributed by atoms with van der Waals surface area (Å²) in [6.45, 7) is 6.02. The fraction of sp³-hybridized carbons (Fsp3) is 0.591. The predicted octanol–water partition coefficient (Wildman–Crippen LogP) is 4.58. The molecule has 0 saturated heterocycles. The highest BCUT2D eigenvalue weighted by molar-refractivity contribution is 7.89. The summed E-state index contributed by atoms with van der Waals surface area (Å²) in [6.07, 6.45) is 6.54. The molecular weight excluding hydrogens is 372 g/mol. The van der Waals surface area contributed by atoms with Gasteiger partial charge in [-0.15, -0.1) is 0 Å². The Labute approximate surface area is 167 Å². The van der Waals surface area contributed by atoms with Gasteiger partial charge in [0.1, 0.15) is 0 Å². The van der Waals surface area contributed by atoms with Crippen molar-refractivity contribution in [3.05, 3.63) is 29.0 Å². The van der Waals surface area contributed by atoms with Crippen molar-refractivity contribution in [1.82, 2.24) is 9.29 Å². The average molecular weight is 403 g/mol. The molecule has 1 aromatic carbocycles. The predicted molar refractivity (Wildman–Crippen MR) is 111 cm³/mol. The number of fused-ring (bicyclic) bond motifs is 3. The minimum absolute atomic E-state index is 0.0733. The van der Waals surface area contributed by atoms with Gasteiger partial charge in [0.2, 0.25) is 10.0 Å². The van der Waals surface area contributed by atoms with Crippen molar-refractivity contribution < 1.29 is 13.2 Å². The fourth-order valence-electron chi connectivity index (χ4n) is 4.98. The molecule has 6 heteroatoms. The van der Waals surface area contributed by atoms with Crippen LogP contribution < -0.4 is 0 Å². The Balaban J connectivity index is 1.79. The molecule has 0 bridgehead atoms. The largest absolute Gasteiger partial charge is 0.358 e. The van der Waals surface area contributed by atoms with Gasteiger partial charge >= 0.3 is 0 Å². The second kappa shape index (κ2) is 6.70. The monoisotopic (exact) mass is 402 g/mol. The van der Waals surface area contributed by atoms with Crippen molar-refractivity contribution >= 4 is 26.7 Å². The Kier molecular flexibility index (Phi) is 4.70. The molecule has 4 rings (SSSR count). The number of carbonyl (C=O) groups excluding carboxylic acids is 1. The number of rotatable bonds is 3. The molecule has 1 aromatic heterocycles. The number of H-pyrrole nitrogens is 1. The van der Waals surface area contributed by atoms with Crippen LogP contribution in [0.15, 0.2) is 17.0 Å². The number of hydrogen-bond donors (Lipinski definition) is 1. The second-order valence-corrected chi connectivity index (χ2v) is 11.4. The summed E-state index contributed by atoms with van der Waals surface area (Å²) in [5.41, 5.74) is 3.07. The molecule has 0 radical (unpaired) electrons. The molecule has 0 aliphatic heterocycles. The molecule has 1 fully saturated rings. The number of carbonyl (C=O) groups is 1. The highest BCUT2D eigenvalue weighted by Crippen LogP contribution is 2.39. The first kappa shape index (κ1) is 19.6. The molecule has 0 unspecified atom stereocenters. The summed E-state index contributed by atoms with van der Waals surface area (Å²) >= 11 is 0. The Morgan fingerprint density at radius 3 is 2.46 bits per heavy atom. The smallest absolute Gasteiger partial charge is 0.243 e. The highest BCUT2D eigenvalue weighted by atomic mass is 32.2. The van der Waals surface area contributed by atoms with E-state index in [0.29, 0.717) is 16.9 Å². The van der Waals surface area contributed by atoms with E-state index in [-0.39, 0.29) is 17.2 Å². The van der Waals surface area contributed by atoms with E-state index in [0.717, 1.165) is 54.3 Å². The lowest BCUT2D eigenvalue weighted by molar-refractivity contribution is 0.0913. The van der Waals surface area contributed by atoms with Crippen LogP contribution >= 0.6 is 0 Å². The first-order valence-electron chi connectivity index (χ1n) is 10.3. The highest BCUT2D eigenvalue weighted by Gasteiger charge is 2.35. The lowest BCUT2D eigenvalue weighted by atomic mass is 9.76. The maximum Gasteiger partial charge on any atom is 0.243 e. The molecule has 2 aliphatic carbocycles. The third kappa shape index (κ3) is 3.20. The van der Waals surface area contributed by atoms with E-state index >= 15 is 0 Å². The van der Waals surface area contributed by atoms with Crippen LogP contribution in [0, 0.1) is 12.3 Å². The number of benzene rings is 1. The Morgan fingerprint density at radius 1 is 1.11 bits per heavy atom. The lowest BCUT2D eigenvalue weighted by Crippen LogP contribution is -2.38. The van der Waals surface area contributed by atoms with Gasteiger partial charge in [-0.05, 0) is 49.3 Å². The normalized spacial score (nSPS) is 20.7. The van der Waals surface area contributed by atoms with Crippen molar-refractivity contribution in [3.8, 4) is 0 Å². The van der Waals surface area contributed by atoms with Gasteiger partial charge in [-0.1, -0.05) is 33.1 Å². The molecule has 2 aromatic rings. The first-order valence-corrected chi connectivity index (χ1v) is 11.7. The van der Waals surface area contributed by atoms with Crippen LogP contribution in [0.25, 0.3) is 10.9 Å². The van der Waals surface area contributed by atoms with Crippen LogP contribution in [0.1, 0.15) is 74.0 Å². The third-order valence-corrected chi connectivity index (χ3v) is 8.54. The molecule has 28 heavy (non-hydrogen) atoms. The van der Waals surface area contributed by atoms with E-state index in [1.807, 2.05) is 13.0 Å². The van der Waals surface area contributed by atoms with Crippen LogP contribution in [-0.4, -0.2) is 36.6 Å². The van der Waals surface area contributed by atoms with Gasteiger partial charge in [0.15, 0.2) is 5.78 Å². The Bertz CT molecular complexity index is 1040. The molecule has 1 saturated carbocycles. The summed E-state index contributed by atoms with van der Waals surface area (Å²) < 4.78 is 28.3. The van der Waals surface area contributed by atoms with Crippen LogP contribution in [0.3, 0.4) is 0 Å². The summed E-state index contributed by atoms with van der Waals surface area (Å²) in [5.74, 6) is 0.145. The molecule has 0 spiro atoms. The van der Waals surface area contributed by atoms with Gasteiger partial charge in [0, 0.05) is 41.7 Å². The average Bonchev–Trinajstić information content (AvgIpc) is 2.96. The zero-order valence-corrected chi connectivity index (χ0v) is 18.1. The maximum absolute atomic E-state index is 13.4. The third-order valence-electron chi connectivity index (χ3n) is 6.49. The van der Waals surface area contributed by atoms with Crippen LogP contribution in [-0.2, 0) is 16.4 Å². The first-order chi connectivity index (χ1) is 13.1. The van der Waals surface area contributed by atoms with Crippen LogP contribution in [0.5, 0.6) is 0 Å². The Hall–Kier alpha value is -1.66. The standard InChI is InChI=1S/C22H30N2O3S/c1-14-10-16-17(23-18-12-22(2,3)13-19(25)21(16)18)11-20(14)28(26,27)24(4)15-8-6-5-7-9-15/h10-11,15,23H,5-9,12-13H2,1-4H3. The lowest BCUT2D eigenvalue weighted by Gasteiger charge is -2.30. The van der Waals surface area contributed by atoms with Crippen molar-refractivity contribution in [2.24, 2.45) is 5.41 Å². The quantitative estimate of drug-likeness (QED) is 0.817. The van der Waals surface area contributed by atoms with E-state index in [4.69, 9.17) is 0 Å². The molecule has 5 nitrogen and oxygen atoms in total. The molecule has 0 amide bonds. The number of aryl methyl sites for hydroxylation is 1. The molecule has 1 N–H and O–H groups in total. The molecule has 2 aliphatic rings. The van der Waals surface area contributed by atoms with E-state index in [1.54, 1.807) is 17.4 Å². The van der Waals surface area contributed by atoms with E-state index in [2.05, 4.69) is 18.8 Å². The molecule has 152 valence electrons. The van der Waals surface area contributed by atoms with E-state index in [1.165, 1.54) is 6.42 Å². The number of sulfonamides is 1. The number of Topliss-reactive ketones (excluding diaryl/α,β-unsaturated/α-hetero) is 1. The summed E-state index contributed by atoms with van der Waals surface area (Å²) in [5, 5.41) is 0.854. The van der Waals surface area contributed by atoms with Gasteiger partial charge in [-0.25, -0.2) is 8.42 Å². The number of nitrogens with one attached hydrogen (secondary N) is 1. The molecule has 0 atom stereocenters. The van der Waals surface area contributed by atoms with Crippen LogP contribution in [0.4, 0.5) is 0 Å². The minimum atomic E-state index is -3.57. The minimum Gasteiger partial charge on any atom is -0.358 e. The molecular formula is C22H30N2O3S. The summed E-state index contributed by atoms with van der Waals surface area (Å²) in [4.78, 5) is 16.4. The topological polar surface area (TPSA) is 70.2 Å². The fourth-order valence-corrected chi connectivity index (χ4v) is 6.62. The number of aromatic amines is 1. The number of nitrogens with zero attached hydrogens (tertiary/aromatic N) is 1. The van der Waals surface area contributed by atoms with Crippen molar-refractivity contribution in [1.29, 1.82) is 0 Å². The SMILES string of the molecule is Cc1cc2c3c([nH]c2cc1S(=O)(=O)N(C)C1CCCCC1)CC(C)(C)CC3=O. The van der Waals surface area contributed by atoms with Crippen molar-refractivity contribution in [2.75, 3.05) is 7.05 Å². The van der Waals surface area contributed by atoms with E-state index < -0.39 is 10.0 Å². The van der Waals surface area contributed by atoms with Gasteiger partial charge in [-0.2, -0.15) is 4.31 Å². The molecule has 1 heterocycles. The summed E-state index contributed by atoms with van der Waals surface area (Å²) in [6, 6.07) is 3.69. The van der Waals surface area contributed by atoms with Gasteiger partial charge in [-0.3, -0.25) is 4.79 Å². The van der Waals surface area contributed by atoms with Gasteiger partial charge < -0.3 is 4.98 Å². The maximum atomic E-state index is 13.4. The van der Waals surface area contributed by atoms with Gasteiger partial charge in [0.25, 0.3) is 0 Å². The Morgan fingerprint density at radius 2 is 1.79 bits per heavy atom. The number of hydrogen-bond acceptors (Lipinski definition) is 3. The van der Waals surface area contributed by atoms with Gasteiger partial charge in [0.05, 0.1) is 4.90 Å². The van der Waals surface area contributed by atoms with E-state index in [9.17, 15) is 13.2 Å². The second-order valence-electron chi connectivity index (χ2n) is 9.40. The number of aromatic nitrogens is 1. The summed E-state index contributed by atoms with van der Waals surface area (Å²) in [7, 11) is -1.86. The zero-order valence-electron chi connectivity index (χ0n) is 17.3. The van der Waals surface area contributed by atoms with Crippen molar-refractivity contribution in [2.45, 2.75) is 76.7 Å². The van der Waals surface area contributed by atoms with Crippen LogP contribution in [0.2, 0.25) is 0 Å².